The first-order chi connectivity index (χ1) is 7.88. The molecule has 17 heavy (non-hydrogen) atoms. The summed E-state index contributed by atoms with van der Waals surface area (Å²) in [7, 11) is 0. The number of carbonyl (C=O) groups is 1. The van der Waals surface area contributed by atoms with Crippen LogP contribution < -0.4 is 0 Å². The summed E-state index contributed by atoms with van der Waals surface area (Å²) in [6, 6.07) is 3.81. The average Bonchev–Trinajstić information content (AvgIpc) is 2.27. The van der Waals surface area contributed by atoms with E-state index in [9.17, 15) is 18.0 Å². The molecule has 0 radical (unpaired) electrons. The Bertz CT molecular complexity index is 418. The van der Waals surface area contributed by atoms with E-state index in [4.69, 9.17) is 0 Å². The molecule has 0 saturated carbocycles. The predicted molar refractivity (Wildman–Crippen MR) is 65.7 cm³/mol. The van der Waals surface area contributed by atoms with Crippen LogP contribution in [0.2, 0.25) is 0 Å². The predicted octanol–water partition coefficient (Wildman–Crippen LogP) is 3.93. The molecule has 1 aromatic carbocycles. The van der Waals surface area contributed by atoms with Crippen molar-refractivity contribution in [2.75, 3.05) is 11.6 Å². The van der Waals surface area contributed by atoms with Gasteiger partial charge in [-0.1, -0.05) is 22.0 Å². The molecular weight excluding hydrogens is 317 g/mol. The summed E-state index contributed by atoms with van der Waals surface area (Å²) >= 11 is 4.05. The molecule has 0 atom stereocenters. The minimum atomic E-state index is -4.35. The van der Waals surface area contributed by atoms with Gasteiger partial charge in [-0.3, -0.25) is 4.79 Å². The maximum absolute atomic E-state index is 12.6. The van der Waals surface area contributed by atoms with E-state index < -0.39 is 11.7 Å². The summed E-state index contributed by atoms with van der Waals surface area (Å²) in [4.78, 5) is 11.3. The SMILES string of the molecule is CSc1cc(CC(=O)CBr)ccc1C(F)(F)F. The monoisotopic (exact) mass is 326 g/mol. The second kappa shape index (κ2) is 5.91. The summed E-state index contributed by atoms with van der Waals surface area (Å²) in [6.07, 6.45) is -2.62. The Morgan fingerprint density at radius 3 is 2.53 bits per heavy atom. The van der Waals surface area contributed by atoms with Crippen LogP contribution in [0.15, 0.2) is 23.1 Å². The smallest absolute Gasteiger partial charge is 0.298 e. The molecule has 0 aliphatic carbocycles. The number of hydrogen-bond donors (Lipinski definition) is 0. The molecule has 0 spiro atoms. The van der Waals surface area contributed by atoms with Crippen LogP contribution in [-0.2, 0) is 17.4 Å². The number of hydrogen-bond acceptors (Lipinski definition) is 2. The van der Waals surface area contributed by atoms with Gasteiger partial charge in [0.1, 0.15) is 5.78 Å². The maximum atomic E-state index is 12.6. The lowest BCUT2D eigenvalue weighted by Crippen LogP contribution is -2.08. The van der Waals surface area contributed by atoms with E-state index in [1.165, 1.54) is 12.1 Å². The molecule has 0 aromatic heterocycles. The van der Waals surface area contributed by atoms with Crippen LogP contribution in [0.3, 0.4) is 0 Å². The fraction of sp³-hybridized carbons (Fsp3) is 0.364. The van der Waals surface area contributed by atoms with Crippen LogP contribution in [-0.4, -0.2) is 17.4 Å². The van der Waals surface area contributed by atoms with Crippen molar-refractivity contribution >= 4 is 33.5 Å². The van der Waals surface area contributed by atoms with Crippen LogP contribution in [0.1, 0.15) is 11.1 Å². The molecule has 0 saturated heterocycles. The first-order valence-electron chi connectivity index (χ1n) is 4.70. The van der Waals surface area contributed by atoms with E-state index in [1.54, 1.807) is 6.26 Å². The molecular formula is C11H10BrF3OS. The molecule has 6 heteroatoms. The zero-order chi connectivity index (χ0) is 13.1. The Labute approximate surface area is 110 Å². The summed E-state index contributed by atoms with van der Waals surface area (Å²) in [5.74, 6) is -0.0585. The summed E-state index contributed by atoms with van der Waals surface area (Å²) in [6.45, 7) is 0. The fourth-order valence-electron chi connectivity index (χ4n) is 1.35. The van der Waals surface area contributed by atoms with Crippen molar-refractivity contribution in [1.29, 1.82) is 0 Å². The van der Waals surface area contributed by atoms with Crippen LogP contribution in [0.4, 0.5) is 13.2 Å². The molecule has 0 bridgehead atoms. The van der Waals surface area contributed by atoms with E-state index in [0.717, 1.165) is 17.8 Å². The number of rotatable bonds is 4. The van der Waals surface area contributed by atoms with Crippen molar-refractivity contribution in [3.8, 4) is 0 Å². The van der Waals surface area contributed by atoms with Crippen molar-refractivity contribution in [3.05, 3.63) is 29.3 Å². The first-order valence-corrected chi connectivity index (χ1v) is 7.05. The molecule has 0 heterocycles. The van der Waals surface area contributed by atoms with Gasteiger partial charge in [0.15, 0.2) is 0 Å². The zero-order valence-corrected chi connectivity index (χ0v) is 11.4. The molecule has 1 aromatic rings. The van der Waals surface area contributed by atoms with Crippen LogP contribution in [0.25, 0.3) is 0 Å². The van der Waals surface area contributed by atoms with Gasteiger partial charge in [0.2, 0.25) is 0 Å². The Morgan fingerprint density at radius 1 is 1.41 bits per heavy atom. The van der Waals surface area contributed by atoms with Gasteiger partial charge >= 0.3 is 6.18 Å². The highest BCUT2D eigenvalue weighted by Gasteiger charge is 2.33. The van der Waals surface area contributed by atoms with E-state index in [2.05, 4.69) is 15.9 Å². The largest absolute Gasteiger partial charge is 0.417 e. The van der Waals surface area contributed by atoms with Gasteiger partial charge in [-0.2, -0.15) is 13.2 Å². The highest BCUT2D eigenvalue weighted by Crippen LogP contribution is 2.36. The van der Waals surface area contributed by atoms with Gasteiger partial charge in [0.25, 0.3) is 0 Å². The number of alkyl halides is 4. The van der Waals surface area contributed by atoms with Crippen molar-refractivity contribution in [2.45, 2.75) is 17.5 Å². The molecule has 1 nitrogen and oxygen atoms in total. The highest BCUT2D eigenvalue weighted by molar-refractivity contribution is 9.09. The lowest BCUT2D eigenvalue weighted by molar-refractivity contribution is -0.139. The fourth-order valence-corrected chi connectivity index (χ4v) is 2.23. The molecule has 0 fully saturated rings. The van der Waals surface area contributed by atoms with Gasteiger partial charge in [0, 0.05) is 11.3 Å². The zero-order valence-electron chi connectivity index (χ0n) is 8.97. The van der Waals surface area contributed by atoms with Crippen LogP contribution >= 0.6 is 27.7 Å². The number of carbonyl (C=O) groups excluding carboxylic acids is 1. The number of thioether (sulfide) groups is 1. The van der Waals surface area contributed by atoms with E-state index in [1.807, 2.05) is 0 Å². The summed E-state index contributed by atoms with van der Waals surface area (Å²) in [5, 5.41) is 0.211. The lowest BCUT2D eigenvalue weighted by Gasteiger charge is -2.12. The quantitative estimate of drug-likeness (QED) is 0.616. The van der Waals surface area contributed by atoms with Gasteiger partial charge < -0.3 is 0 Å². The molecule has 94 valence electrons. The lowest BCUT2D eigenvalue weighted by atomic mass is 10.1. The molecule has 0 amide bonds. The van der Waals surface area contributed by atoms with E-state index in [0.29, 0.717) is 5.56 Å². The molecule has 0 aliphatic rings. The minimum Gasteiger partial charge on any atom is -0.298 e. The van der Waals surface area contributed by atoms with Gasteiger partial charge in [-0.05, 0) is 24.0 Å². The Kier molecular flexibility index (Phi) is 5.06. The van der Waals surface area contributed by atoms with Crippen LogP contribution in [0, 0.1) is 0 Å². The number of ketones is 1. The third-order valence-corrected chi connectivity index (χ3v) is 3.52. The second-order valence-electron chi connectivity index (χ2n) is 3.38. The van der Waals surface area contributed by atoms with Crippen molar-refractivity contribution in [3.63, 3.8) is 0 Å². The topological polar surface area (TPSA) is 17.1 Å². The maximum Gasteiger partial charge on any atom is 0.417 e. The van der Waals surface area contributed by atoms with Crippen LogP contribution in [0.5, 0.6) is 0 Å². The Hall–Kier alpha value is -0.490. The standard InChI is InChI=1S/C11H10BrF3OS/c1-17-10-5-7(4-8(16)6-12)2-3-9(10)11(13,14)15/h2-3,5H,4,6H2,1H3. The molecule has 1 rings (SSSR count). The summed E-state index contributed by atoms with van der Waals surface area (Å²) < 4.78 is 37.8. The molecule has 0 N–H and O–H groups in total. The average molecular weight is 327 g/mol. The van der Waals surface area contributed by atoms with Crippen molar-refractivity contribution in [1.82, 2.24) is 0 Å². The van der Waals surface area contributed by atoms with Gasteiger partial charge in [-0.25, -0.2) is 0 Å². The normalized spacial score (nSPS) is 11.6. The summed E-state index contributed by atoms with van der Waals surface area (Å²) in [5.41, 5.74) is -0.0492. The minimum absolute atomic E-state index is 0.0585. The first kappa shape index (κ1) is 14.6. The number of benzene rings is 1. The van der Waals surface area contributed by atoms with E-state index in [-0.39, 0.29) is 22.4 Å². The number of Topliss-reactive ketones (excluding diaryl/α,β-unsaturated/α-hetero) is 1. The van der Waals surface area contributed by atoms with E-state index >= 15 is 0 Å². The highest BCUT2D eigenvalue weighted by atomic mass is 79.9. The Balaban J connectivity index is 3.05. The second-order valence-corrected chi connectivity index (χ2v) is 4.79. The molecule has 0 aliphatic heterocycles. The van der Waals surface area contributed by atoms with Crippen molar-refractivity contribution in [2.24, 2.45) is 0 Å². The van der Waals surface area contributed by atoms with Gasteiger partial charge in [0.05, 0.1) is 10.9 Å². The van der Waals surface area contributed by atoms with Crippen molar-refractivity contribution < 1.29 is 18.0 Å². The number of halogens is 4. The van der Waals surface area contributed by atoms with Gasteiger partial charge in [-0.15, -0.1) is 11.8 Å². The third kappa shape index (κ3) is 4.03. The third-order valence-electron chi connectivity index (χ3n) is 2.12. The molecule has 0 unspecified atom stereocenters. The Morgan fingerprint density at radius 2 is 2.06 bits per heavy atom.